The lowest BCUT2D eigenvalue weighted by Gasteiger charge is -2.61. The van der Waals surface area contributed by atoms with Crippen molar-refractivity contribution in [2.75, 3.05) is 0 Å². The lowest BCUT2D eigenvalue weighted by molar-refractivity contribution is -0.684. The first-order valence-corrected chi connectivity index (χ1v) is 13.3. The van der Waals surface area contributed by atoms with Gasteiger partial charge in [-0.05, 0) is 71.4 Å². The maximum Gasteiger partial charge on any atom is 0.213 e. The van der Waals surface area contributed by atoms with Crippen molar-refractivity contribution >= 4 is 0 Å². The molecule has 0 amide bonds. The third-order valence-corrected chi connectivity index (χ3v) is 9.34. The molecule has 7 rings (SSSR count). The van der Waals surface area contributed by atoms with Crippen LogP contribution in [-0.4, -0.2) is 0 Å². The van der Waals surface area contributed by atoms with Gasteiger partial charge in [-0.25, -0.2) is 0 Å². The Labute approximate surface area is 210 Å². The fourth-order valence-electron chi connectivity index (χ4n) is 7.04. The smallest absolute Gasteiger partial charge is 0.191 e. The van der Waals surface area contributed by atoms with E-state index in [-0.39, 0.29) is 0 Å². The number of aromatic nitrogens is 1. The van der Waals surface area contributed by atoms with Crippen LogP contribution in [0, 0.1) is 29.1 Å². The predicted molar refractivity (Wildman–Crippen MR) is 146 cm³/mol. The molecule has 0 saturated heterocycles. The molecule has 4 aromatic rings. The zero-order valence-electron chi connectivity index (χ0n) is 21.2. The number of nitrogens with zero attached hydrogens (tertiary/aromatic N) is 1. The molecular weight excluding hydrogens is 422 g/mol. The summed E-state index contributed by atoms with van der Waals surface area (Å²) in [6.07, 6.45) is 2.78. The summed E-state index contributed by atoms with van der Waals surface area (Å²) in [5.41, 5.74) is 8.27. The molecule has 0 unspecified atom stereocenters. The van der Waals surface area contributed by atoms with Crippen LogP contribution in [0.3, 0.4) is 0 Å². The average molecular weight is 459 g/mol. The first-order valence-electron chi connectivity index (χ1n) is 13.3. The van der Waals surface area contributed by atoms with Gasteiger partial charge < -0.3 is 0 Å². The SMILES string of the molecule is C[C@H]1[C@@H](C[n+]2c(-c3ccccc3)cc(-c3ccccc3)cc2-c2ccccc2)C[C@H]2C[C@H]1C2(C)C. The molecule has 0 radical (unpaired) electrons. The fourth-order valence-corrected chi connectivity index (χ4v) is 7.04. The summed E-state index contributed by atoms with van der Waals surface area (Å²) in [6, 6.07) is 37.6. The summed E-state index contributed by atoms with van der Waals surface area (Å²) in [5.74, 6) is 3.20. The summed E-state index contributed by atoms with van der Waals surface area (Å²) < 4.78 is 2.63. The van der Waals surface area contributed by atoms with E-state index in [0.717, 1.165) is 24.3 Å². The third kappa shape index (κ3) is 3.92. The molecule has 176 valence electrons. The highest BCUT2D eigenvalue weighted by Gasteiger charge is 2.57. The molecule has 0 spiro atoms. The quantitative estimate of drug-likeness (QED) is 0.265. The van der Waals surface area contributed by atoms with Crippen LogP contribution in [0.25, 0.3) is 33.6 Å². The molecule has 0 aliphatic heterocycles. The Bertz CT molecular complexity index is 1250. The lowest BCUT2D eigenvalue weighted by Crippen LogP contribution is -2.57. The molecule has 1 aromatic heterocycles. The van der Waals surface area contributed by atoms with Crippen LogP contribution in [0.2, 0.25) is 0 Å². The molecule has 1 heterocycles. The van der Waals surface area contributed by atoms with Gasteiger partial charge in [-0.1, -0.05) is 87.5 Å². The molecule has 1 heteroatoms. The summed E-state index contributed by atoms with van der Waals surface area (Å²) in [7, 11) is 0. The number of fused-ring (bicyclic) bond motifs is 2. The Morgan fingerprint density at radius 2 is 1.14 bits per heavy atom. The van der Waals surface area contributed by atoms with Gasteiger partial charge in [-0.2, -0.15) is 4.57 Å². The van der Waals surface area contributed by atoms with Crippen molar-refractivity contribution < 1.29 is 4.57 Å². The Morgan fingerprint density at radius 1 is 0.657 bits per heavy atom. The second-order valence-electron chi connectivity index (χ2n) is 11.4. The lowest BCUT2D eigenvalue weighted by atomic mass is 9.43. The highest BCUT2D eigenvalue weighted by atomic mass is 15.0. The van der Waals surface area contributed by atoms with E-state index in [1.807, 2.05) is 0 Å². The van der Waals surface area contributed by atoms with E-state index in [4.69, 9.17) is 0 Å². The number of hydrogen-bond acceptors (Lipinski definition) is 0. The van der Waals surface area contributed by atoms with Crippen LogP contribution in [0.15, 0.2) is 103 Å². The average Bonchev–Trinajstić information content (AvgIpc) is 2.91. The van der Waals surface area contributed by atoms with E-state index < -0.39 is 0 Å². The molecular formula is C34H36N+. The maximum absolute atomic E-state index is 2.63. The van der Waals surface area contributed by atoms with Gasteiger partial charge in [0.05, 0.1) is 0 Å². The second-order valence-corrected chi connectivity index (χ2v) is 11.4. The molecule has 2 bridgehead atoms. The molecule has 3 aliphatic rings. The van der Waals surface area contributed by atoms with Crippen molar-refractivity contribution in [2.45, 2.75) is 40.2 Å². The van der Waals surface area contributed by atoms with Gasteiger partial charge in [0.2, 0.25) is 11.4 Å². The molecule has 0 N–H and O–H groups in total. The van der Waals surface area contributed by atoms with Crippen molar-refractivity contribution in [3.05, 3.63) is 103 Å². The van der Waals surface area contributed by atoms with E-state index in [2.05, 4.69) is 128 Å². The number of rotatable bonds is 5. The zero-order valence-corrected chi connectivity index (χ0v) is 21.2. The van der Waals surface area contributed by atoms with Crippen LogP contribution in [0.5, 0.6) is 0 Å². The topological polar surface area (TPSA) is 3.88 Å². The van der Waals surface area contributed by atoms with Gasteiger partial charge >= 0.3 is 0 Å². The Morgan fingerprint density at radius 3 is 1.60 bits per heavy atom. The van der Waals surface area contributed by atoms with Crippen LogP contribution < -0.4 is 4.57 Å². The number of benzene rings is 3. The second kappa shape index (κ2) is 8.79. The van der Waals surface area contributed by atoms with E-state index >= 15 is 0 Å². The highest BCUT2D eigenvalue weighted by molar-refractivity contribution is 5.73. The molecule has 35 heavy (non-hydrogen) atoms. The van der Waals surface area contributed by atoms with Gasteiger partial charge in [-0.15, -0.1) is 0 Å². The Kier molecular flexibility index (Phi) is 5.60. The number of hydrogen-bond donors (Lipinski definition) is 0. The van der Waals surface area contributed by atoms with E-state index in [9.17, 15) is 0 Å². The number of pyridine rings is 1. The van der Waals surface area contributed by atoms with Gasteiger partial charge in [0, 0.05) is 29.2 Å². The Balaban J connectivity index is 1.52. The summed E-state index contributed by atoms with van der Waals surface area (Å²) >= 11 is 0. The summed E-state index contributed by atoms with van der Waals surface area (Å²) in [6.45, 7) is 8.61. The molecule has 3 aromatic carbocycles. The molecule has 3 saturated carbocycles. The first-order chi connectivity index (χ1) is 17.0. The predicted octanol–water partition coefficient (Wildman–Crippen LogP) is 8.29. The van der Waals surface area contributed by atoms with Gasteiger partial charge in [0.15, 0.2) is 6.54 Å². The van der Waals surface area contributed by atoms with Crippen LogP contribution >= 0.6 is 0 Å². The minimum Gasteiger partial charge on any atom is -0.191 e. The summed E-state index contributed by atoms with van der Waals surface area (Å²) in [5, 5.41) is 0. The van der Waals surface area contributed by atoms with E-state index in [0.29, 0.717) is 11.3 Å². The monoisotopic (exact) mass is 458 g/mol. The third-order valence-electron chi connectivity index (χ3n) is 9.34. The van der Waals surface area contributed by atoms with Crippen molar-refractivity contribution in [1.29, 1.82) is 0 Å². The Hall–Kier alpha value is -3.19. The fraction of sp³-hybridized carbons (Fsp3) is 0.324. The van der Waals surface area contributed by atoms with Gasteiger partial charge in [-0.3, -0.25) is 0 Å². The van der Waals surface area contributed by atoms with Crippen LogP contribution in [-0.2, 0) is 6.54 Å². The summed E-state index contributed by atoms with van der Waals surface area (Å²) in [4.78, 5) is 0. The molecule has 4 atom stereocenters. The largest absolute Gasteiger partial charge is 0.213 e. The molecule has 3 fully saturated rings. The van der Waals surface area contributed by atoms with E-state index in [1.54, 1.807) is 0 Å². The standard InChI is InChI=1S/C34H36N/c1-24-29(19-30-22-31(24)34(30,2)3)23-35-32(26-15-9-5-10-16-26)20-28(25-13-7-4-8-14-25)21-33(35)27-17-11-6-12-18-27/h4-18,20-21,24,29-31H,19,22-23H2,1-3H3/q+1/t24-,29+,30-,31+/m0/s1. The highest BCUT2D eigenvalue weighted by Crippen LogP contribution is 2.63. The van der Waals surface area contributed by atoms with E-state index in [1.165, 1.54) is 46.5 Å². The van der Waals surface area contributed by atoms with Gasteiger partial charge in [0.1, 0.15) is 0 Å². The van der Waals surface area contributed by atoms with Gasteiger partial charge in [0.25, 0.3) is 0 Å². The van der Waals surface area contributed by atoms with Crippen molar-refractivity contribution in [1.82, 2.24) is 0 Å². The minimum atomic E-state index is 0.516. The van der Waals surface area contributed by atoms with Crippen molar-refractivity contribution in [3.63, 3.8) is 0 Å². The first kappa shape index (κ1) is 22.3. The zero-order chi connectivity index (χ0) is 24.0. The minimum absolute atomic E-state index is 0.516. The maximum atomic E-state index is 2.63. The van der Waals surface area contributed by atoms with Crippen LogP contribution in [0.4, 0.5) is 0 Å². The normalized spacial score (nSPS) is 24.5. The molecule has 3 aliphatic carbocycles. The van der Waals surface area contributed by atoms with Crippen molar-refractivity contribution in [2.24, 2.45) is 29.1 Å². The van der Waals surface area contributed by atoms with Crippen LogP contribution in [0.1, 0.15) is 33.6 Å². The van der Waals surface area contributed by atoms with Crippen molar-refractivity contribution in [3.8, 4) is 33.6 Å². The molecule has 1 nitrogen and oxygen atoms in total.